The van der Waals surface area contributed by atoms with Crippen molar-refractivity contribution in [1.82, 2.24) is 4.90 Å². The summed E-state index contributed by atoms with van der Waals surface area (Å²) in [5.74, 6) is 0.938. The highest BCUT2D eigenvalue weighted by molar-refractivity contribution is 5.57. The number of anilines is 1. The minimum absolute atomic E-state index is 0.643. The molecule has 1 unspecified atom stereocenters. The second-order valence-electron chi connectivity index (χ2n) is 5.21. The maximum atomic E-state index is 5.42. The number of rotatable bonds is 4. The number of likely N-dealkylation sites (tertiary alicyclic amines) is 1. The Balaban J connectivity index is 1.97. The topological polar surface area (TPSA) is 24.5 Å². The third-order valence-electron chi connectivity index (χ3n) is 3.81. The standard InChI is InChI=1S/C15H24N2O/c1-12-7-8-14(15(10-12)18-3)16-11-13-6-4-5-9-17(13)2/h7-8,10,13,16H,4-6,9,11H2,1-3H3. The Kier molecular flexibility index (Phi) is 4.48. The zero-order valence-corrected chi connectivity index (χ0v) is 11.7. The first kappa shape index (κ1) is 13.2. The van der Waals surface area contributed by atoms with Gasteiger partial charge in [0.2, 0.25) is 0 Å². The summed E-state index contributed by atoms with van der Waals surface area (Å²) < 4.78 is 5.42. The van der Waals surface area contributed by atoms with Gasteiger partial charge in [0.05, 0.1) is 12.8 Å². The molecule has 1 aliphatic rings. The molecule has 0 amide bonds. The average Bonchev–Trinajstić information content (AvgIpc) is 2.39. The number of hydrogen-bond acceptors (Lipinski definition) is 3. The lowest BCUT2D eigenvalue weighted by Crippen LogP contribution is -2.40. The fraction of sp³-hybridized carbons (Fsp3) is 0.600. The second kappa shape index (κ2) is 6.10. The molecule has 1 aromatic carbocycles. The van der Waals surface area contributed by atoms with Gasteiger partial charge in [-0.05, 0) is 51.1 Å². The van der Waals surface area contributed by atoms with Crippen molar-refractivity contribution in [3.8, 4) is 5.75 Å². The van der Waals surface area contributed by atoms with Gasteiger partial charge in [-0.2, -0.15) is 0 Å². The quantitative estimate of drug-likeness (QED) is 0.886. The van der Waals surface area contributed by atoms with Crippen LogP contribution >= 0.6 is 0 Å². The van der Waals surface area contributed by atoms with Crippen LogP contribution in [0.4, 0.5) is 5.69 Å². The van der Waals surface area contributed by atoms with Crippen LogP contribution in [0.15, 0.2) is 18.2 Å². The molecule has 1 atom stereocenters. The van der Waals surface area contributed by atoms with Crippen LogP contribution in [0.2, 0.25) is 0 Å². The van der Waals surface area contributed by atoms with Crippen molar-refractivity contribution >= 4 is 5.69 Å². The maximum Gasteiger partial charge on any atom is 0.142 e. The van der Waals surface area contributed by atoms with Gasteiger partial charge in [-0.25, -0.2) is 0 Å². The van der Waals surface area contributed by atoms with E-state index in [4.69, 9.17) is 4.74 Å². The van der Waals surface area contributed by atoms with Crippen molar-refractivity contribution in [3.63, 3.8) is 0 Å². The Labute approximate surface area is 110 Å². The Morgan fingerprint density at radius 2 is 2.22 bits per heavy atom. The van der Waals surface area contributed by atoms with Gasteiger partial charge < -0.3 is 15.0 Å². The first-order valence-electron chi connectivity index (χ1n) is 6.79. The number of nitrogens with zero attached hydrogens (tertiary/aromatic N) is 1. The minimum atomic E-state index is 0.643. The van der Waals surface area contributed by atoms with Crippen molar-refractivity contribution in [2.24, 2.45) is 0 Å². The Hall–Kier alpha value is -1.22. The molecule has 1 heterocycles. The summed E-state index contributed by atoms with van der Waals surface area (Å²) in [7, 11) is 3.95. The zero-order chi connectivity index (χ0) is 13.0. The number of aryl methyl sites for hydroxylation is 1. The lowest BCUT2D eigenvalue weighted by atomic mass is 10.0. The monoisotopic (exact) mass is 248 g/mol. The van der Waals surface area contributed by atoms with E-state index in [0.717, 1.165) is 18.0 Å². The summed E-state index contributed by atoms with van der Waals surface area (Å²) in [6.45, 7) is 4.30. The molecule has 0 aliphatic carbocycles. The van der Waals surface area contributed by atoms with E-state index < -0.39 is 0 Å². The van der Waals surface area contributed by atoms with Crippen LogP contribution in [-0.4, -0.2) is 38.2 Å². The second-order valence-corrected chi connectivity index (χ2v) is 5.21. The minimum Gasteiger partial charge on any atom is -0.495 e. The van der Waals surface area contributed by atoms with Crippen molar-refractivity contribution < 1.29 is 4.74 Å². The molecule has 1 fully saturated rings. The van der Waals surface area contributed by atoms with Crippen LogP contribution < -0.4 is 10.1 Å². The average molecular weight is 248 g/mol. The van der Waals surface area contributed by atoms with Gasteiger partial charge in [0.25, 0.3) is 0 Å². The third-order valence-corrected chi connectivity index (χ3v) is 3.81. The molecule has 0 radical (unpaired) electrons. The number of piperidine rings is 1. The van der Waals surface area contributed by atoms with E-state index >= 15 is 0 Å². The highest BCUT2D eigenvalue weighted by Crippen LogP contribution is 2.26. The number of likely N-dealkylation sites (N-methyl/N-ethyl adjacent to an activating group) is 1. The summed E-state index contributed by atoms with van der Waals surface area (Å²) >= 11 is 0. The molecule has 3 heteroatoms. The molecule has 3 nitrogen and oxygen atoms in total. The number of benzene rings is 1. The van der Waals surface area contributed by atoms with Gasteiger partial charge >= 0.3 is 0 Å². The van der Waals surface area contributed by atoms with Crippen LogP contribution in [0, 0.1) is 6.92 Å². The number of hydrogen-bond donors (Lipinski definition) is 1. The van der Waals surface area contributed by atoms with Crippen molar-refractivity contribution in [2.75, 3.05) is 32.6 Å². The van der Waals surface area contributed by atoms with Gasteiger partial charge in [-0.1, -0.05) is 12.5 Å². The molecule has 18 heavy (non-hydrogen) atoms. The van der Waals surface area contributed by atoms with Crippen LogP contribution in [0.25, 0.3) is 0 Å². The van der Waals surface area contributed by atoms with E-state index in [2.05, 4.69) is 42.4 Å². The van der Waals surface area contributed by atoms with Gasteiger partial charge in [-0.15, -0.1) is 0 Å². The molecule has 1 saturated heterocycles. The lowest BCUT2D eigenvalue weighted by molar-refractivity contribution is 0.194. The molecular weight excluding hydrogens is 224 g/mol. The molecule has 0 spiro atoms. The smallest absolute Gasteiger partial charge is 0.142 e. The largest absolute Gasteiger partial charge is 0.495 e. The van der Waals surface area contributed by atoms with Gasteiger partial charge in [0.1, 0.15) is 5.75 Å². The van der Waals surface area contributed by atoms with Crippen LogP contribution in [0.3, 0.4) is 0 Å². The molecular formula is C15H24N2O. The predicted octanol–water partition coefficient (Wildman–Crippen LogP) is 2.90. The molecule has 2 rings (SSSR count). The first-order valence-corrected chi connectivity index (χ1v) is 6.79. The van der Waals surface area contributed by atoms with Gasteiger partial charge in [0, 0.05) is 12.6 Å². The summed E-state index contributed by atoms with van der Waals surface area (Å²) in [5, 5.41) is 3.52. The summed E-state index contributed by atoms with van der Waals surface area (Å²) in [5.41, 5.74) is 2.33. The van der Waals surface area contributed by atoms with E-state index in [9.17, 15) is 0 Å². The zero-order valence-electron chi connectivity index (χ0n) is 11.7. The molecule has 100 valence electrons. The molecule has 1 aliphatic heterocycles. The molecule has 0 bridgehead atoms. The highest BCUT2D eigenvalue weighted by atomic mass is 16.5. The Morgan fingerprint density at radius 1 is 1.39 bits per heavy atom. The number of methoxy groups -OCH3 is 1. The lowest BCUT2D eigenvalue weighted by Gasteiger charge is -2.32. The fourth-order valence-electron chi connectivity index (χ4n) is 2.57. The summed E-state index contributed by atoms with van der Waals surface area (Å²) in [6.07, 6.45) is 3.97. The van der Waals surface area contributed by atoms with Crippen LogP contribution in [-0.2, 0) is 0 Å². The molecule has 1 N–H and O–H groups in total. The van der Waals surface area contributed by atoms with E-state index in [1.807, 2.05) is 0 Å². The molecule has 0 saturated carbocycles. The van der Waals surface area contributed by atoms with E-state index in [-0.39, 0.29) is 0 Å². The highest BCUT2D eigenvalue weighted by Gasteiger charge is 2.18. The van der Waals surface area contributed by atoms with E-state index in [1.54, 1.807) is 7.11 Å². The Morgan fingerprint density at radius 3 is 2.94 bits per heavy atom. The first-order chi connectivity index (χ1) is 8.70. The predicted molar refractivity (Wildman–Crippen MR) is 76.5 cm³/mol. The molecule has 1 aromatic rings. The maximum absolute atomic E-state index is 5.42. The number of nitrogens with one attached hydrogen (secondary N) is 1. The van der Waals surface area contributed by atoms with E-state index in [0.29, 0.717) is 6.04 Å². The Bertz CT molecular complexity index is 392. The third kappa shape index (κ3) is 3.16. The van der Waals surface area contributed by atoms with E-state index in [1.165, 1.54) is 31.4 Å². The SMILES string of the molecule is COc1cc(C)ccc1NCC1CCCCN1C. The van der Waals surface area contributed by atoms with Crippen molar-refractivity contribution in [1.29, 1.82) is 0 Å². The number of ether oxygens (including phenoxy) is 1. The van der Waals surface area contributed by atoms with Crippen LogP contribution in [0.1, 0.15) is 24.8 Å². The van der Waals surface area contributed by atoms with Gasteiger partial charge in [-0.3, -0.25) is 0 Å². The summed E-state index contributed by atoms with van der Waals surface area (Å²) in [4.78, 5) is 2.46. The van der Waals surface area contributed by atoms with Crippen molar-refractivity contribution in [2.45, 2.75) is 32.2 Å². The fourth-order valence-corrected chi connectivity index (χ4v) is 2.57. The summed E-state index contributed by atoms with van der Waals surface area (Å²) in [6, 6.07) is 6.95. The normalized spacial score (nSPS) is 20.7. The van der Waals surface area contributed by atoms with Crippen molar-refractivity contribution in [3.05, 3.63) is 23.8 Å². The van der Waals surface area contributed by atoms with Crippen LogP contribution in [0.5, 0.6) is 5.75 Å². The van der Waals surface area contributed by atoms with Gasteiger partial charge in [0.15, 0.2) is 0 Å². The molecule has 0 aromatic heterocycles.